The summed E-state index contributed by atoms with van der Waals surface area (Å²) in [6, 6.07) is -0.756. The molecule has 0 bridgehead atoms. The van der Waals surface area contributed by atoms with Crippen molar-refractivity contribution in [1.82, 2.24) is 19.9 Å². The van der Waals surface area contributed by atoms with Crippen molar-refractivity contribution in [1.29, 1.82) is 0 Å². The normalized spacial score (nSPS) is 17.2. The van der Waals surface area contributed by atoms with Crippen molar-refractivity contribution in [2.75, 3.05) is 6.54 Å². The maximum Gasteiger partial charge on any atom is 0.290 e. The molecule has 5 nitrogen and oxygen atoms in total. The zero-order valence-corrected chi connectivity index (χ0v) is 14.2. The third-order valence-electron chi connectivity index (χ3n) is 4.49. The predicted octanol–water partition coefficient (Wildman–Crippen LogP) is 3.61. The van der Waals surface area contributed by atoms with E-state index >= 15 is 0 Å². The first-order valence-electron chi connectivity index (χ1n) is 7.74. The van der Waals surface area contributed by atoms with Gasteiger partial charge >= 0.3 is 0 Å². The van der Waals surface area contributed by atoms with Crippen LogP contribution in [0.3, 0.4) is 0 Å². The van der Waals surface area contributed by atoms with Gasteiger partial charge in [0.1, 0.15) is 17.4 Å². The summed E-state index contributed by atoms with van der Waals surface area (Å²) in [5.41, 5.74) is 1.96. The van der Waals surface area contributed by atoms with E-state index in [-0.39, 0.29) is 29.0 Å². The van der Waals surface area contributed by atoms with Crippen molar-refractivity contribution in [3.8, 4) is 0 Å². The number of fused-ring (bicyclic) bond motifs is 2. The number of imidazole rings is 1. The molecular weight excluding hydrogens is 372 g/mol. The summed E-state index contributed by atoms with van der Waals surface area (Å²) in [5.74, 6) is -2.79. The maximum absolute atomic E-state index is 13.9. The molecule has 0 fully saturated rings. The summed E-state index contributed by atoms with van der Waals surface area (Å²) >= 11 is 1.06. The summed E-state index contributed by atoms with van der Waals surface area (Å²) in [6.07, 6.45) is -2.46. The van der Waals surface area contributed by atoms with Crippen LogP contribution in [0, 0.1) is 18.6 Å². The van der Waals surface area contributed by atoms with Gasteiger partial charge in [-0.1, -0.05) is 0 Å². The Morgan fingerprint density at radius 3 is 2.88 bits per heavy atom. The number of rotatable bonds is 2. The highest BCUT2D eigenvalue weighted by molar-refractivity contribution is 7.09. The third kappa shape index (κ3) is 2.47. The molecule has 0 unspecified atom stereocenters. The van der Waals surface area contributed by atoms with Gasteiger partial charge in [0.05, 0.1) is 21.6 Å². The lowest BCUT2D eigenvalue weighted by Gasteiger charge is -2.33. The van der Waals surface area contributed by atoms with E-state index in [1.54, 1.807) is 0 Å². The number of aromatic nitrogens is 3. The Labute approximate surface area is 148 Å². The molecule has 0 radical (unpaired) electrons. The molecule has 0 spiro atoms. The third-order valence-corrected chi connectivity index (χ3v) is 5.43. The average Bonchev–Trinajstić information content (AvgIpc) is 3.25. The molecule has 26 heavy (non-hydrogen) atoms. The molecule has 3 heterocycles. The minimum absolute atomic E-state index is 0.0370. The number of halogens is 4. The molecule has 1 aromatic carbocycles. The van der Waals surface area contributed by atoms with Gasteiger partial charge in [0, 0.05) is 24.6 Å². The molecule has 0 saturated heterocycles. The minimum atomic E-state index is -2.81. The van der Waals surface area contributed by atoms with Gasteiger partial charge < -0.3 is 9.88 Å². The molecule has 10 heteroatoms. The lowest BCUT2D eigenvalue weighted by Crippen LogP contribution is -2.43. The number of aryl methyl sites for hydroxylation is 1. The number of H-pyrrole nitrogens is 1. The highest BCUT2D eigenvalue weighted by Crippen LogP contribution is 2.37. The highest BCUT2D eigenvalue weighted by Gasteiger charge is 2.40. The van der Waals surface area contributed by atoms with Gasteiger partial charge in [-0.2, -0.15) is 0 Å². The Morgan fingerprint density at radius 2 is 2.15 bits per heavy atom. The van der Waals surface area contributed by atoms with Crippen LogP contribution in [0.4, 0.5) is 17.6 Å². The van der Waals surface area contributed by atoms with E-state index in [1.807, 2.05) is 0 Å². The lowest BCUT2D eigenvalue weighted by molar-refractivity contribution is 0.0170. The molecule has 0 aliphatic carbocycles. The van der Waals surface area contributed by atoms with Crippen LogP contribution < -0.4 is 0 Å². The number of thiazole rings is 1. The van der Waals surface area contributed by atoms with E-state index in [1.165, 1.54) is 12.4 Å². The van der Waals surface area contributed by atoms with Crippen molar-refractivity contribution < 1.29 is 22.4 Å². The van der Waals surface area contributed by atoms with Crippen LogP contribution >= 0.6 is 11.3 Å². The Morgan fingerprint density at radius 1 is 1.38 bits per heavy atom. The first-order valence-corrected chi connectivity index (χ1v) is 8.62. The summed E-state index contributed by atoms with van der Waals surface area (Å²) in [7, 11) is 0. The first kappa shape index (κ1) is 17.0. The Hall–Kier alpha value is -2.49. The molecular formula is C16H12F4N4OS. The van der Waals surface area contributed by atoms with Gasteiger partial charge in [0.25, 0.3) is 12.3 Å². The second kappa shape index (κ2) is 6.04. The second-order valence-corrected chi connectivity index (χ2v) is 6.85. The van der Waals surface area contributed by atoms with Crippen LogP contribution in [0.25, 0.3) is 11.0 Å². The monoisotopic (exact) mass is 384 g/mol. The molecule has 1 atom stereocenters. The SMILES string of the molecule is Cc1c(F)cc(F)c2nc(C(=O)N3CCc4ncsc4[C@@H]3C(F)F)[nH]c12. The van der Waals surface area contributed by atoms with Crippen LogP contribution in [0.2, 0.25) is 0 Å². The van der Waals surface area contributed by atoms with Crippen molar-refractivity contribution in [3.05, 3.63) is 45.2 Å². The fourth-order valence-electron chi connectivity index (χ4n) is 3.15. The van der Waals surface area contributed by atoms with Crippen molar-refractivity contribution in [2.24, 2.45) is 0 Å². The number of hydrogen-bond acceptors (Lipinski definition) is 4. The Bertz CT molecular complexity index is 1020. The molecule has 1 N–H and O–H groups in total. The molecule has 2 aromatic heterocycles. The number of hydrogen-bond donors (Lipinski definition) is 1. The smallest absolute Gasteiger partial charge is 0.290 e. The molecule has 1 aliphatic heterocycles. The summed E-state index contributed by atoms with van der Waals surface area (Å²) in [5, 5.41) is 0. The van der Waals surface area contributed by atoms with Crippen molar-refractivity contribution >= 4 is 28.3 Å². The maximum atomic E-state index is 13.9. The molecule has 1 amide bonds. The van der Waals surface area contributed by atoms with Crippen molar-refractivity contribution in [2.45, 2.75) is 25.8 Å². The van der Waals surface area contributed by atoms with Gasteiger partial charge in [-0.15, -0.1) is 11.3 Å². The van der Waals surface area contributed by atoms with Crippen LogP contribution in [0.1, 0.15) is 32.8 Å². The molecule has 0 saturated carbocycles. The van der Waals surface area contributed by atoms with Crippen LogP contribution in [0.15, 0.2) is 11.6 Å². The van der Waals surface area contributed by atoms with E-state index in [9.17, 15) is 22.4 Å². The minimum Gasteiger partial charge on any atom is -0.333 e. The second-order valence-electron chi connectivity index (χ2n) is 5.97. The van der Waals surface area contributed by atoms with E-state index < -0.39 is 30.0 Å². The number of alkyl halides is 2. The van der Waals surface area contributed by atoms with Gasteiger partial charge in [-0.05, 0) is 6.92 Å². The summed E-state index contributed by atoms with van der Waals surface area (Å²) < 4.78 is 54.9. The zero-order valence-electron chi connectivity index (χ0n) is 13.4. The van der Waals surface area contributed by atoms with E-state index in [4.69, 9.17) is 0 Å². The Balaban J connectivity index is 1.77. The zero-order chi connectivity index (χ0) is 18.6. The molecule has 3 aromatic rings. The molecule has 1 aliphatic rings. The molecule has 136 valence electrons. The summed E-state index contributed by atoms with van der Waals surface area (Å²) in [4.78, 5) is 24.7. The standard InChI is InChI=1S/C16H12F4N4OS/c1-6-7(17)4-8(18)11-10(6)22-15(23-11)16(25)24-3-2-9-13(26-5-21-9)12(24)14(19)20/h4-5,12,14H,2-3H2,1H3,(H,22,23)/t12-/m1/s1. The van der Waals surface area contributed by atoms with Gasteiger partial charge in [-0.25, -0.2) is 27.5 Å². The lowest BCUT2D eigenvalue weighted by atomic mass is 10.1. The van der Waals surface area contributed by atoms with Crippen LogP contribution in [0.5, 0.6) is 0 Å². The first-order chi connectivity index (χ1) is 12.4. The summed E-state index contributed by atoms with van der Waals surface area (Å²) in [6.45, 7) is 1.45. The number of amides is 1. The van der Waals surface area contributed by atoms with E-state index in [0.29, 0.717) is 23.1 Å². The number of carbonyl (C=O) groups is 1. The van der Waals surface area contributed by atoms with Gasteiger partial charge in [0.2, 0.25) is 0 Å². The van der Waals surface area contributed by atoms with Crippen molar-refractivity contribution in [3.63, 3.8) is 0 Å². The fraction of sp³-hybridized carbons (Fsp3) is 0.312. The number of aromatic amines is 1. The number of nitrogens with zero attached hydrogens (tertiary/aromatic N) is 3. The Kier molecular flexibility index (Phi) is 3.94. The van der Waals surface area contributed by atoms with Gasteiger partial charge in [0.15, 0.2) is 11.6 Å². The fourth-order valence-corrected chi connectivity index (χ4v) is 4.11. The quantitative estimate of drug-likeness (QED) is 0.687. The number of benzene rings is 1. The number of nitrogens with one attached hydrogen (secondary N) is 1. The van der Waals surface area contributed by atoms with E-state index in [2.05, 4.69) is 15.0 Å². The predicted molar refractivity (Wildman–Crippen MR) is 86.3 cm³/mol. The van der Waals surface area contributed by atoms with E-state index in [0.717, 1.165) is 16.2 Å². The molecule has 4 rings (SSSR count). The van der Waals surface area contributed by atoms with Crippen LogP contribution in [-0.4, -0.2) is 38.7 Å². The average molecular weight is 384 g/mol. The van der Waals surface area contributed by atoms with Crippen LogP contribution in [-0.2, 0) is 6.42 Å². The largest absolute Gasteiger partial charge is 0.333 e. The highest BCUT2D eigenvalue weighted by atomic mass is 32.1. The topological polar surface area (TPSA) is 61.9 Å². The number of carbonyl (C=O) groups excluding carboxylic acids is 1. The van der Waals surface area contributed by atoms with Gasteiger partial charge in [-0.3, -0.25) is 4.79 Å².